The van der Waals surface area contributed by atoms with E-state index in [0.717, 1.165) is 11.1 Å². The summed E-state index contributed by atoms with van der Waals surface area (Å²) in [6, 6.07) is 5.44. The number of hydrogen-bond donors (Lipinski definition) is 1. The minimum absolute atomic E-state index is 0.406. The van der Waals surface area contributed by atoms with Crippen molar-refractivity contribution in [3.63, 3.8) is 0 Å². The third-order valence-corrected chi connectivity index (χ3v) is 2.65. The van der Waals surface area contributed by atoms with Gasteiger partial charge < -0.3 is 9.84 Å². The summed E-state index contributed by atoms with van der Waals surface area (Å²) in [6.07, 6.45) is 0.491. The topological polar surface area (TPSA) is 46.5 Å². The lowest BCUT2D eigenvalue weighted by Gasteiger charge is -2.11. The van der Waals surface area contributed by atoms with Gasteiger partial charge in [-0.25, -0.2) is 0 Å². The number of methoxy groups -OCH3 is 1. The van der Waals surface area contributed by atoms with Crippen molar-refractivity contribution < 1.29 is 14.6 Å². The number of hydrogen-bond acceptors (Lipinski definition) is 2. The smallest absolute Gasteiger partial charge is 0.306 e. The summed E-state index contributed by atoms with van der Waals surface area (Å²) < 4.78 is 5.06. The fourth-order valence-electron chi connectivity index (χ4n) is 1.50. The van der Waals surface area contributed by atoms with Gasteiger partial charge in [-0.2, -0.15) is 0 Å². The molecule has 0 aliphatic rings. The van der Waals surface area contributed by atoms with Gasteiger partial charge in [0.25, 0.3) is 0 Å². The second-order valence-electron chi connectivity index (χ2n) is 3.79. The number of halogens is 1. The number of aliphatic carboxylic acids is 1. The van der Waals surface area contributed by atoms with Gasteiger partial charge in [-0.15, -0.1) is 0 Å². The predicted octanol–water partition coefficient (Wildman–Crippen LogP) is 2.75. The molecule has 0 heterocycles. The van der Waals surface area contributed by atoms with E-state index in [4.69, 9.17) is 21.4 Å². The first-order valence-electron chi connectivity index (χ1n) is 5.03. The summed E-state index contributed by atoms with van der Waals surface area (Å²) in [6.45, 7) is 2.13. The van der Waals surface area contributed by atoms with Gasteiger partial charge in [-0.1, -0.05) is 24.6 Å². The molecular formula is C12H15ClO3. The maximum Gasteiger partial charge on any atom is 0.306 e. The van der Waals surface area contributed by atoms with Crippen LogP contribution in [0.2, 0.25) is 5.02 Å². The third-order valence-electron chi connectivity index (χ3n) is 2.42. The van der Waals surface area contributed by atoms with E-state index in [2.05, 4.69) is 0 Å². The first-order valence-corrected chi connectivity index (χ1v) is 5.41. The molecule has 3 nitrogen and oxygen atoms in total. The molecule has 1 aromatic rings. The van der Waals surface area contributed by atoms with Crippen molar-refractivity contribution in [2.75, 3.05) is 7.11 Å². The Balaban J connectivity index is 2.89. The van der Waals surface area contributed by atoms with Crippen LogP contribution in [0.25, 0.3) is 0 Å². The van der Waals surface area contributed by atoms with Crippen molar-refractivity contribution in [1.82, 2.24) is 0 Å². The SMILES string of the molecule is COCc1cc(Cl)ccc1CC(C)C(=O)O. The molecule has 0 bridgehead atoms. The summed E-state index contributed by atoms with van der Waals surface area (Å²) in [4.78, 5) is 10.8. The lowest BCUT2D eigenvalue weighted by molar-refractivity contribution is -0.141. The summed E-state index contributed by atoms with van der Waals surface area (Å²) in [5.74, 6) is -1.20. The van der Waals surface area contributed by atoms with Crippen LogP contribution in [0.15, 0.2) is 18.2 Å². The van der Waals surface area contributed by atoms with E-state index in [-0.39, 0.29) is 0 Å². The molecule has 4 heteroatoms. The average molecular weight is 243 g/mol. The second kappa shape index (κ2) is 5.87. The van der Waals surface area contributed by atoms with Crippen LogP contribution in [0, 0.1) is 5.92 Å². The van der Waals surface area contributed by atoms with Crippen molar-refractivity contribution in [2.24, 2.45) is 5.92 Å². The molecule has 1 rings (SSSR count). The largest absolute Gasteiger partial charge is 0.481 e. The highest BCUT2D eigenvalue weighted by atomic mass is 35.5. The predicted molar refractivity (Wildman–Crippen MR) is 62.7 cm³/mol. The molecule has 0 spiro atoms. The lowest BCUT2D eigenvalue weighted by atomic mass is 9.97. The molecule has 1 N–H and O–H groups in total. The molecule has 0 aliphatic heterocycles. The minimum Gasteiger partial charge on any atom is -0.481 e. The normalized spacial score (nSPS) is 12.4. The van der Waals surface area contributed by atoms with Crippen LogP contribution in [0.5, 0.6) is 0 Å². The van der Waals surface area contributed by atoms with Crippen LogP contribution in [0.3, 0.4) is 0 Å². The Labute approximate surface area is 100.0 Å². The Bertz CT molecular complexity index is 377. The quantitative estimate of drug-likeness (QED) is 0.864. The van der Waals surface area contributed by atoms with E-state index in [1.54, 1.807) is 20.1 Å². The molecule has 16 heavy (non-hydrogen) atoms. The molecule has 1 unspecified atom stereocenters. The zero-order valence-corrected chi connectivity index (χ0v) is 10.1. The Morgan fingerprint density at radius 2 is 2.19 bits per heavy atom. The van der Waals surface area contributed by atoms with Crippen LogP contribution in [0.1, 0.15) is 18.1 Å². The third kappa shape index (κ3) is 3.51. The van der Waals surface area contributed by atoms with Crippen LogP contribution < -0.4 is 0 Å². The average Bonchev–Trinajstić information content (AvgIpc) is 2.22. The van der Waals surface area contributed by atoms with E-state index < -0.39 is 11.9 Å². The zero-order chi connectivity index (χ0) is 12.1. The molecule has 88 valence electrons. The van der Waals surface area contributed by atoms with Crippen LogP contribution in [-0.2, 0) is 22.6 Å². The highest BCUT2D eigenvalue weighted by Gasteiger charge is 2.14. The summed E-state index contributed by atoms with van der Waals surface area (Å²) >= 11 is 5.88. The molecule has 0 aliphatic carbocycles. The Hall–Kier alpha value is -1.06. The van der Waals surface area contributed by atoms with Gasteiger partial charge in [0.1, 0.15) is 0 Å². The number of carbonyl (C=O) groups is 1. The number of carboxylic acid groups (broad SMARTS) is 1. The minimum atomic E-state index is -0.793. The summed E-state index contributed by atoms with van der Waals surface area (Å²) in [5, 5.41) is 9.50. The van der Waals surface area contributed by atoms with Gasteiger partial charge in [-0.05, 0) is 29.7 Å². The van der Waals surface area contributed by atoms with Gasteiger partial charge in [0, 0.05) is 12.1 Å². The number of ether oxygens (including phenoxy) is 1. The maximum absolute atomic E-state index is 10.8. The number of rotatable bonds is 5. The van der Waals surface area contributed by atoms with Gasteiger partial charge in [-0.3, -0.25) is 4.79 Å². The fourth-order valence-corrected chi connectivity index (χ4v) is 1.70. The highest BCUT2D eigenvalue weighted by molar-refractivity contribution is 6.30. The molecule has 1 aromatic carbocycles. The van der Waals surface area contributed by atoms with Gasteiger partial charge in [0.05, 0.1) is 12.5 Å². The van der Waals surface area contributed by atoms with E-state index in [0.29, 0.717) is 18.1 Å². The van der Waals surface area contributed by atoms with Crippen LogP contribution in [-0.4, -0.2) is 18.2 Å². The molecule has 0 radical (unpaired) electrons. The van der Waals surface area contributed by atoms with Gasteiger partial charge in [0.15, 0.2) is 0 Å². The number of carboxylic acids is 1. The van der Waals surface area contributed by atoms with E-state index >= 15 is 0 Å². The summed E-state index contributed by atoms with van der Waals surface area (Å²) in [7, 11) is 1.60. The van der Waals surface area contributed by atoms with Gasteiger partial charge >= 0.3 is 5.97 Å². The van der Waals surface area contributed by atoms with Crippen molar-refractivity contribution in [3.8, 4) is 0 Å². The molecule has 0 amide bonds. The Morgan fingerprint density at radius 1 is 1.50 bits per heavy atom. The molecule has 0 saturated carbocycles. The summed E-state index contributed by atoms with van der Waals surface area (Å²) in [5.41, 5.74) is 1.92. The molecular weight excluding hydrogens is 228 g/mol. The standard InChI is InChI=1S/C12H15ClO3/c1-8(12(14)15)5-9-3-4-11(13)6-10(9)7-16-2/h3-4,6,8H,5,7H2,1-2H3,(H,14,15). The molecule has 0 aromatic heterocycles. The van der Waals surface area contributed by atoms with Gasteiger partial charge in [0.2, 0.25) is 0 Å². The first-order chi connectivity index (χ1) is 7.54. The first kappa shape index (κ1) is 13.0. The van der Waals surface area contributed by atoms with Crippen LogP contribution in [0.4, 0.5) is 0 Å². The van der Waals surface area contributed by atoms with E-state index in [9.17, 15) is 4.79 Å². The molecule has 0 fully saturated rings. The molecule has 0 saturated heterocycles. The maximum atomic E-state index is 10.8. The van der Waals surface area contributed by atoms with Crippen molar-refractivity contribution in [2.45, 2.75) is 20.0 Å². The van der Waals surface area contributed by atoms with Crippen molar-refractivity contribution in [3.05, 3.63) is 34.3 Å². The zero-order valence-electron chi connectivity index (χ0n) is 9.37. The molecule has 1 atom stereocenters. The van der Waals surface area contributed by atoms with E-state index in [1.165, 1.54) is 0 Å². The lowest BCUT2D eigenvalue weighted by Crippen LogP contribution is -2.13. The highest BCUT2D eigenvalue weighted by Crippen LogP contribution is 2.20. The monoisotopic (exact) mass is 242 g/mol. The second-order valence-corrected chi connectivity index (χ2v) is 4.23. The number of benzene rings is 1. The Kier molecular flexibility index (Phi) is 4.77. The van der Waals surface area contributed by atoms with Crippen LogP contribution >= 0.6 is 11.6 Å². The van der Waals surface area contributed by atoms with Crippen molar-refractivity contribution >= 4 is 17.6 Å². The van der Waals surface area contributed by atoms with Crippen molar-refractivity contribution in [1.29, 1.82) is 0 Å². The van der Waals surface area contributed by atoms with E-state index in [1.807, 2.05) is 12.1 Å². The Morgan fingerprint density at radius 3 is 2.75 bits per heavy atom. The fraction of sp³-hybridized carbons (Fsp3) is 0.417.